The Morgan fingerprint density at radius 1 is 1.36 bits per heavy atom. The second-order valence-electron chi connectivity index (χ2n) is 6.46. The smallest absolute Gasteiger partial charge is 0.240 e. The Bertz CT molecular complexity index is 628. The van der Waals surface area contributed by atoms with Crippen LogP contribution in [-0.2, 0) is 10.5 Å². The minimum Gasteiger partial charge on any atom is -0.352 e. The van der Waals surface area contributed by atoms with Crippen LogP contribution in [0.1, 0.15) is 44.1 Å². The van der Waals surface area contributed by atoms with Gasteiger partial charge in [-0.2, -0.15) is 5.26 Å². The predicted octanol–water partition coefficient (Wildman–Crippen LogP) is 3.87. The van der Waals surface area contributed by atoms with Crippen molar-refractivity contribution in [2.75, 3.05) is 0 Å². The third-order valence-corrected chi connectivity index (χ3v) is 5.16. The van der Waals surface area contributed by atoms with E-state index in [1.54, 1.807) is 24.3 Å². The summed E-state index contributed by atoms with van der Waals surface area (Å²) in [6, 6.07) is 8.76. The van der Waals surface area contributed by atoms with Gasteiger partial charge < -0.3 is 5.32 Å². The SMILES string of the molecule is N#CC1(C(=O)NC2CC(F)(c3cccc(Cl)c3)C2)CCCC1. The van der Waals surface area contributed by atoms with Crippen LogP contribution in [0.15, 0.2) is 24.3 Å². The maximum Gasteiger partial charge on any atom is 0.240 e. The van der Waals surface area contributed by atoms with E-state index in [-0.39, 0.29) is 24.8 Å². The van der Waals surface area contributed by atoms with Crippen molar-refractivity contribution in [1.82, 2.24) is 5.32 Å². The molecule has 1 aromatic rings. The minimum absolute atomic E-state index is 0.206. The van der Waals surface area contributed by atoms with Crippen molar-refractivity contribution in [2.24, 2.45) is 5.41 Å². The van der Waals surface area contributed by atoms with E-state index in [2.05, 4.69) is 11.4 Å². The van der Waals surface area contributed by atoms with Crippen LogP contribution in [0.25, 0.3) is 0 Å². The Morgan fingerprint density at radius 3 is 2.64 bits per heavy atom. The number of carbonyl (C=O) groups excluding carboxylic acids is 1. The fraction of sp³-hybridized carbons (Fsp3) is 0.529. The zero-order chi connectivity index (χ0) is 15.8. The number of nitrogens with one attached hydrogen (secondary N) is 1. The predicted molar refractivity (Wildman–Crippen MR) is 81.9 cm³/mol. The fourth-order valence-electron chi connectivity index (χ4n) is 3.52. The van der Waals surface area contributed by atoms with Crippen molar-refractivity contribution in [3.63, 3.8) is 0 Å². The molecular formula is C17H18ClFN2O. The molecule has 0 unspecified atom stereocenters. The van der Waals surface area contributed by atoms with Crippen molar-refractivity contribution < 1.29 is 9.18 Å². The molecule has 3 rings (SSSR count). The summed E-state index contributed by atoms with van der Waals surface area (Å²) in [7, 11) is 0. The number of carbonyl (C=O) groups is 1. The van der Waals surface area contributed by atoms with E-state index < -0.39 is 11.1 Å². The quantitative estimate of drug-likeness (QED) is 0.919. The molecule has 3 nitrogen and oxygen atoms in total. The Balaban J connectivity index is 1.62. The lowest BCUT2D eigenvalue weighted by atomic mass is 9.72. The molecule has 0 aromatic heterocycles. The van der Waals surface area contributed by atoms with E-state index in [0.717, 1.165) is 12.8 Å². The number of nitriles is 1. The molecule has 0 saturated heterocycles. The Kier molecular flexibility index (Phi) is 3.86. The summed E-state index contributed by atoms with van der Waals surface area (Å²) in [5, 5.41) is 12.7. The average Bonchev–Trinajstić information content (AvgIpc) is 2.95. The first kappa shape index (κ1) is 15.3. The first-order valence-electron chi connectivity index (χ1n) is 7.65. The van der Waals surface area contributed by atoms with Gasteiger partial charge in [0.05, 0.1) is 6.07 Å². The summed E-state index contributed by atoms with van der Waals surface area (Å²) in [6.07, 6.45) is 3.50. The average molecular weight is 321 g/mol. The topological polar surface area (TPSA) is 52.9 Å². The highest BCUT2D eigenvalue weighted by Gasteiger charge is 2.49. The van der Waals surface area contributed by atoms with Crippen LogP contribution in [0.5, 0.6) is 0 Å². The van der Waals surface area contributed by atoms with E-state index >= 15 is 0 Å². The Morgan fingerprint density at radius 2 is 2.05 bits per heavy atom. The van der Waals surface area contributed by atoms with Gasteiger partial charge in [-0.15, -0.1) is 0 Å². The molecule has 1 amide bonds. The first-order valence-corrected chi connectivity index (χ1v) is 8.02. The Labute approximate surface area is 134 Å². The van der Waals surface area contributed by atoms with Crippen molar-refractivity contribution in [2.45, 2.75) is 50.2 Å². The standard InChI is InChI=1S/C17H18ClFN2O/c18-13-5-3-4-12(8-13)17(19)9-14(10-17)21-15(22)16(11-20)6-1-2-7-16/h3-5,8,14H,1-2,6-7,9-10H2,(H,21,22). The molecule has 1 N–H and O–H groups in total. The van der Waals surface area contributed by atoms with Gasteiger partial charge in [0.15, 0.2) is 0 Å². The van der Waals surface area contributed by atoms with Crippen molar-refractivity contribution >= 4 is 17.5 Å². The molecule has 5 heteroatoms. The van der Waals surface area contributed by atoms with Gasteiger partial charge in [0, 0.05) is 23.9 Å². The lowest BCUT2D eigenvalue weighted by Crippen LogP contribution is -2.54. The van der Waals surface area contributed by atoms with E-state index in [1.165, 1.54) is 0 Å². The highest BCUT2D eigenvalue weighted by atomic mass is 35.5. The number of hydrogen-bond donors (Lipinski definition) is 1. The molecule has 2 aliphatic carbocycles. The molecule has 116 valence electrons. The normalized spacial score (nSPS) is 29.4. The molecule has 0 atom stereocenters. The van der Waals surface area contributed by atoms with E-state index in [1.807, 2.05) is 0 Å². The van der Waals surface area contributed by atoms with Gasteiger partial charge in [-0.3, -0.25) is 4.79 Å². The lowest BCUT2D eigenvalue weighted by Gasteiger charge is -2.42. The van der Waals surface area contributed by atoms with Gasteiger partial charge in [-0.25, -0.2) is 4.39 Å². The van der Waals surface area contributed by atoms with Gasteiger partial charge in [0.2, 0.25) is 5.91 Å². The van der Waals surface area contributed by atoms with Gasteiger partial charge in [0.1, 0.15) is 11.1 Å². The zero-order valence-corrected chi connectivity index (χ0v) is 13.0. The van der Waals surface area contributed by atoms with Gasteiger partial charge >= 0.3 is 0 Å². The summed E-state index contributed by atoms with van der Waals surface area (Å²) < 4.78 is 14.8. The summed E-state index contributed by atoms with van der Waals surface area (Å²) in [4.78, 5) is 12.3. The largest absolute Gasteiger partial charge is 0.352 e. The molecule has 2 fully saturated rings. The van der Waals surface area contributed by atoms with Gasteiger partial charge in [-0.05, 0) is 30.5 Å². The summed E-state index contributed by atoms with van der Waals surface area (Å²) in [5.41, 5.74) is -1.77. The van der Waals surface area contributed by atoms with Crippen LogP contribution in [-0.4, -0.2) is 11.9 Å². The number of alkyl halides is 1. The number of hydrogen-bond acceptors (Lipinski definition) is 2. The summed E-state index contributed by atoms with van der Waals surface area (Å²) in [6.45, 7) is 0. The highest BCUT2D eigenvalue weighted by molar-refractivity contribution is 6.30. The van der Waals surface area contributed by atoms with Crippen LogP contribution in [0.4, 0.5) is 4.39 Å². The van der Waals surface area contributed by atoms with Crippen LogP contribution in [0.2, 0.25) is 5.02 Å². The van der Waals surface area contributed by atoms with Crippen LogP contribution < -0.4 is 5.32 Å². The highest BCUT2D eigenvalue weighted by Crippen LogP contribution is 2.46. The third-order valence-electron chi connectivity index (χ3n) is 4.92. The molecule has 2 aliphatic rings. The molecule has 2 saturated carbocycles. The van der Waals surface area contributed by atoms with Crippen molar-refractivity contribution in [1.29, 1.82) is 5.26 Å². The van der Waals surface area contributed by atoms with E-state index in [4.69, 9.17) is 11.6 Å². The first-order chi connectivity index (χ1) is 10.5. The third kappa shape index (κ3) is 2.59. The second kappa shape index (κ2) is 5.55. The van der Waals surface area contributed by atoms with Crippen LogP contribution in [0, 0.1) is 16.7 Å². The molecule has 22 heavy (non-hydrogen) atoms. The minimum atomic E-state index is -1.43. The lowest BCUT2D eigenvalue weighted by molar-refractivity contribution is -0.130. The maximum absolute atomic E-state index is 14.8. The zero-order valence-electron chi connectivity index (χ0n) is 12.2. The number of rotatable bonds is 3. The molecular weight excluding hydrogens is 303 g/mol. The van der Waals surface area contributed by atoms with E-state index in [0.29, 0.717) is 23.4 Å². The van der Waals surface area contributed by atoms with Gasteiger partial charge in [0.25, 0.3) is 0 Å². The van der Waals surface area contributed by atoms with Gasteiger partial charge in [-0.1, -0.05) is 36.6 Å². The van der Waals surface area contributed by atoms with Crippen molar-refractivity contribution in [3.05, 3.63) is 34.9 Å². The number of benzene rings is 1. The second-order valence-corrected chi connectivity index (χ2v) is 6.89. The van der Waals surface area contributed by atoms with Crippen LogP contribution in [0.3, 0.4) is 0 Å². The number of amides is 1. The Hall–Kier alpha value is -1.60. The molecule has 0 aliphatic heterocycles. The molecule has 0 radical (unpaired) electrons. The van der Waals surface area contributed by atoms with E-state index in [9.17, 15) is 14.4 Å². The molecule has 0 heterocycles. The number of halogens is 2. The number of nitrogens with zero attached hydrogens (tertiary/aromatic N) is 1. The van der Waals surface area contributed by atoms with Crippen molar-refractivity contribution in [3.8, 4) is 6.07 Å². The molecule has 0 bridgehead atoms. The molecule has 0 spiro atoms. The summed E-state index contributed by atoms with van der Waals surface area (Å²) in [5.74, 6) is -0.231. The maximum atomic E-state index is 14.8. The fourth-order valence-corrected chi connectivity index (χ4v) is 3.71. The monoisotopic (exact) mass is 320 g/mol. The molecule has 1 aromatic carbocycles. The van der Waals surface area contributed by atoms with Crippen LogP contribution >= 0.6 is 11.6 Å². The summed E-state index contributed by atoms with van der Waals surface area (Å²) >= 11 is 5.90.